The minimum atomic E-state index is -4.55. The fourth-order valence-corrected chi connectivity index (χ4v) is 3.39. The molecule has 6 nitrogen and oxygen atoms in total. The molecule has 1 aliphatic rings. The van der Waals surface area contributed by atoms with E-state index < -0.39 is 29.5 Å². The quantitative estimate of drug-likeness (QED) is 0.594. The Kier molecular flexibility index (Phi) is 5.17. The first-order valence-corrected chi connectivity index (χ1v) is 9.35. The summed E-state index contributed by atoms with van der Waals surface area (Å²) in [6.45, 7) is 0. The zero-order chi connectivity index (χ0) is 23.0. The third-order valence-electron chi connectivity index (χ3n) is 4.92. The van der Waals surface area contributed by atoms with Gasteiger partial charge in [0.1, 0.15) is 5.75 Å². The zero-order valence-corrected chi connectivity index (χ0v) is 16.6. The van der Waals surface area contributed by atoms with Crippen LogP contribution in [0.15, 0.2) is 66.7 Å². The SMILES string of the molecule is COc1ccccc1N1C(=O)c2ccc(C(=O)Nc3cccc(C(F)(F)F)c3)cc2C1=O. The number of alkyl halides is 3. The number of nitrogens with one attached hydrogen (secondary N) is 1. The highest BCUT2D eigenvalue weighted by Gasteiger charge is 2.38. The zero-order valence-electron chi connectivity index (χ0n) is 16.6. The van der Waals surface area contributed by atoms with Gasteiger partial charge in [0.15, 0.2) is 0 Å². The molecule has 4 rings (SSSR count). The highest BCUT2D eigenvalue weighted by molar-refractivity contribution is 6.35. The Labute approximate surface area is 180 Å². The van der Waals surface area contributed by atoms with E-state index in [1.165, 1.54) is 37.4 Å². The van der Waals surface area contributed by atoms with Crippen LogP contribution in [0.25, 0.3) is 0 Å². The number of halogens is 3. The maximum atomic E-state index is 13.0. The minimum Gasteiger partial charge on any atom is -0.495 e. The number of para-hydroxylation sites is 2. The minimum absolute atomic E-state index is 0.0117. The lowest BCUT2D eigenvalue weighted by Gasteiger charge is -2.16. The number of hydrogen-bond donors (Lipinski definition) is 1. The average Bonchev–Trinajstić information content (AvgIpc) is 3.02. The molecule has 3 amide bonds. The third-order valence-corrected chi connectivity index (χ3v) is 4.92. The van der Waals surface area contributed by atoms with E-state index in [4.69, 9.17) is 4.74 Å². The number of imide groups is 1. The summed E-state index contributed by atoms with van der Waals surface area (Å²) >= 11 is 0. The van der Waals surface area contributed by atoms with Crippen molar-refractivity contribution in [1.29, 1.82) is 0 Å². The van der Waals surface area contributed by atoms with Crippen molar-refractivity contribution in [1.82, 2.24) is 0 Å². The summed E-state index contributed by atoms with van der Waals surface area (Å²) in [6.07, 6.45) is -4.55. The molecular formula is C23H15F3N2O4. The number of nitrogens with zero attached hydrogens (tertiary/aromatic N) is 1. The molecule has 32 heavy (non-hydrogen) atoms. The highest BCUT2D eigenvalue weighted by Crippen LogP contribution is 2.35. The molecule has 3 aromatic carbocycles. The van der Waals surface area contributed by atoms with Crippen molar-refractivity contribution in [2.75, 3.05) is 17.3 Å². The smallest absolute Gasteiger partial charge is 0.416 e. The summed E-state index contributed by atoms with van der Waals surface area (Å²) in [5.41, 5.74) is -0.560. The second-order valence-electron chi connectivity index (χ2n) is 6.91. The second-order valence-corrected chi connectivity index (χ2v) is 6.91. The van der Waals surface area contributed by atoms with E-state index in [0.717, 1.165) is 17.0 Å². The summed E-state index contributed by atoms with van der Waals surface area (Å²) < 4.78 is 43.9. The van der Waals surface area contributed by atoms with Gasteiger partial charge in [-0.25, -0.2) is 4.90 Å². The number of ether oxygens (including phenoxy) is 1. The van der Waals surface area contributed by atoms with Crippen LogP contribution in [0, 0.1) is 0 Å². The number of fused-ring (bicyclic) bond motifs is 1. The van der Waals surface area contributed by atoms with E-state index in [-0.39, 0.29) is 28.1 Å². The second kappa shape index (κ2) is 7.84. The highest BCUT2D eigenvalue weighted by atomic mass is 19.4. The lowest BCUT2D eigenvalue weighted by atomic mass is 10.1. The molecule has 162 valence electrons. The van der Waals surface area contributed by atoms with E-state index >= 15 is 0 Å². The third kappa shape index (κ3) is 3.68. The summed E-state index contributed by atoms with van der Waals surface area (Å²) in [5, 5.41) is 2.38. The molecule has 0 spiro atoms. The standard InChI is InChI=1S/C23H15F3N2O4/c1-32-19-8-3-2-7-18(19)28-21(30)16-10-9-13(11-17(16)22(28)31)20(29)27-15-6-4-5-14(12-15)23(24,25)26/h2-12H,1H3,(H,27,29). The van der Waals surface area contributed by atoms with Crippen LogP contribution < -0.4 is 15.0 Å². The van der Waals surface area contributed by atoms with Crippen LogP contribution in [0.1, 0.15) is 36.6 Å². The summed E-state index contributed by atoms with van der Waals surface area (Å²) in [4.78, 5) is 39.3. The van der Waals surface area contributed by atoms with Gasteiger partial charge < -0.3 is 10.1 Å². The first-order chi connectivity index (χ1) is 15.2. The lowest BCUT2D eigenvalue weighted by molar-refractivity contribution is -0.137. The molecule has 3 aromatic rings. The van der Waals surface area contributed by atoms with Crippen LogP contribution in [0.3, 0.4) is 0 Å². The molecule has 0 aliphatic carbocycles. The number of rotatable bonds is 4. The molecule has 0 aromatic heterocycles. The number of carbonyl (C=O) groups excluding carboxylic acids is 3. The van der Waals surface area contributed by atoms with Crippen LogP contribution in [-0.2, 0) is 6.18 Å². The van der Waals surface area contributed by atoms with Crippen molar-refractivity contribution in [3.05, 3.63) is 89.0 Å². The van der Waals surface area contributed by atoms with Crippen molar-refractivity contribution in [2.24, 2.45) is 0 Å². The lowest BCUT2D eigenvalue weighted by Crippen LogP contribution is -2.29. The normalized spacial score (nSPS) is 13.2. The van der Waals surface area contributed by atoms with Gasteiger partial charge in [-0.1, -0.05) is 18.2 Å². The van der Waals surface area contributed by atoms with Gasteiger partial charge in [0.25, 0.3) is 17.7 Å². The fourth-order valence-electron chi connectivity index (χ4n) is 3.39. The number of hydrogen-bond acceptors (Lipinski definition) is 4. The Hall–Kier alpha value is -4.14. The van der Waals surface area contributed by atoms with Crippen LogP contribution in [0.5, 0.6) is 5.75 Å². The number of benzene rings is 3. The molecular weight excluding hydrogens is 425 g/mol. The van der Waals surface area contributed by atoms with Gasteiger partial charge in [0, 0.05) is 11.3 Å². The summed E-state index contributed by atoms with van der Waals surface area (Å²) in [7, 11) is 1.41. The van der Waals surface area contributed by atoms with Crippen molar-refractivity contribution in [2.45, 2.75) is 6.18 Å². The van der Waals surface area contributed by atoms with Gasteiger partial charge in [-0.2, -0.15) is 13.2 Å². The summed E-state index contributed by atoms with van der Waals surface area (Å²) in [6, 6.07) is 14.6. The number of carbonyl (C=O) groups is 3. The largest absolute Gasteiger partial charge is 0.495 e. The first kappa shape index (κ1) is 21.1. The van der Waals surface area contributed by atoms with Gasteiger partial charge in [-0.3, -0.25) is 14.4 Å². The van der Waals surface area contributed by atoms with Crippen LogP contribution in [0.2, 0.25) is 0 Å². The van der Waals surface area contributed by atoms with Gasteiger partial charge in [-0.05, 0) is 48.5 Å². The van der Waals surface area contributed by atoms with E-state index in [2.05, 4.69) is 5.32 Å². The maximum absolute atomic E-state index is 13.0. The van der Waals surface area contributed by atoms with Gasteiger partial charge in [0.2, 0.25) is 0 Å². The van der Waals surface area contributed by atoms with Crippen LogP contribution in [-0.4, -0.2) is 24.8 Å². The molecule has 0 saturated heterocycles. The molecule has 1 heterocycles. The van der Waals surface area contributed by atoms with Crippen molar-refractivity contribution in [3.8, 4) is 5.75 Å². The predicted molar refractivity (Wildman–Crippen MR) is 110 cm³/mol. The summed E-state index contributed by atoms with van der Waals surface area (Å²) in [5.74, 6) is -1.60. The van der Waals surface area contributed by atoms with E-state index in [9.17, 15) is 27.6 Å². The van der Waals surface area contributed by atoms with E-state index in [1.54, 1.807) is 24.3 Å². The fraction of sp³-hybridized carbons (Fsp3) is 0.0870. The molecule has 0 saturated carbocycles. The van der Waals surface area contributed by atoms with Crippen LogP contribution in [0.4, 0.5) is 24.5 Å². The predicted octanol–water partition coefficient (Wildman–Crippen LogP) is 4.77. The number of methoxy groups -OCH3 is 1. The Balaban J connectivity index is 1.62. The molecule has 0 bridgehead atoms. The Morgan fingerprint density at radius 1 is 0.906 bits per heavy atom. The van der Waals surface area contributed by atoms with Crippen molar-refractivity contribution in [3.63, 3.8) is 0 Å². The van der Waals surface area contributed by atoms with Crippen molar-refractivity contribution >= 4 is 29.1 Å². The van der Waals surface area contributed by atoms with E-state index in [0.29, 0.717) is 5.75 Å². The molecule has 1 N–H and O–H groups in total. The monoisotopic (exact) mass is 440 g/mol. The van der Waals surface area contributed by atoms with Gasteiger partial charge in [0.05, 0.1) is 29.5 Å². The Bertz CT molecular complexity index is 1250. The number of anilines is 2. The van der Waals surface area contributed by atoms with Gasteiger partial charge >= 0.3 is 6.18 Å². The topological polar surface area (TPSA) is 75.7 Å². The average molecular weight is 440 g/mol. The maximum Gasteiger partial charge on any atom is 0.416 e. The molecule has 0 fully saturated rings. The molecule has 9 heteroatoms. The molecule has 0 unspecified atom stereocenters. The Morgan fingerprint density at radius 2 is 1.62 bits per heavy atom. The number of amides is 3. The Morgan fingerprint density at radius 3 is 2.34 bits per heavy atom. The molecule has 0 atom stereocenters. The molecule has 0 radical (unpaired) electrons. The van der Waals surface area contributed by atoms with Crippen molar-refractivity contribution < 1.29 is 32.3 Å². The van der Waals surface area contributed by atoms with E-state index in [1.807, 2.05) is 0 Å². The van der Waals surface area contributed by atoms with Crippen LogP contribution >= 0.6 is 0 Å². The van der Waals surface area contributed by atoms with Gasteiger partial charge in [-0.15, -0.1) is 0 Å². The first-order valence-electron chi connectivity index (χ1n) is 9.35. The molecule has 1 aliphatic heterocycles.